The molecule has 1 saturated heterocycles. The number of thioether (sulfide) groups is 1. The summed E-state index contributed by atoms with van der Waals surface area (Å²) in [6.07, 6.45) is 0. The first-order valence-electron chi connectivity index (χ1n) is 11.7. The molecule has 0 saturated carbocycles. The predicted molar refractivity (Wildman–Crippen MR) is 144 cm³/mol. The first-order chi connectivity index (χ1) is 18.2. The van der Waals surface area contributed by atoms with Crippen LogP contribution in [0.4, 0.5) is 5.69 Å². The maximum Gasteiger partial charge on any atom is 0.279 e. The highest BCUT2D eigenvalue weighted by Crippen LogP contribution is 2.45. The highest BCUT2D eigenvalue weighted by Gasteiger charge is 2.46. The van der Waals surface area contributed by atoms with E-state index in [1.165, 1.54) is 37.7 Å². The van der Waals surface area contributed by atoms with Gasteiger partial charge in [0.05, 0.1) is 44.4 Å². The summed E-state index contributed by atoms with van der Waals surface area (Å²) in [7, 11) is 1.31. The molecule has 1 N–H and O–H groups in total. The Kier molecular flexibility index (Phi) is 5.80. The van der Waals surface area contributed by atoms with E-state index in [0.29, 0.717) is 44.5 Å². The molecule has 0 aliphatic carbocycles. The second-order valence-electron chi connectivity index (χ2n) is 9.16. The summed E-state index contributed by atoms with van der Waals surface area (Å²) >= 11 is 1.31. The third kappa shape index (κ3) is 3.88. The molecule has 0 bridgehead atoms. The molecule has 0 unspecified atom stereocenters. The van der Waals surface area contributed by atoms with Crippen LogP contribution in [0.5, 0.6) is 17.2 Å². The molecule has 4 heterocycles. The van der Waals surface area contributed by atoms with Crippen molar-refractivity contribution in [1.82, 2.24) is 14.1 Å². The number of methoxy groups -OCH3 is 3. The summed E-state index contributed by atoms with van der Waals surface area (Å²) in [5.41, 5.74) is 1.35. The third-order valence-electron chi connectivity index (χ3n) is 6.89. The fraction of sp³-hybridized carbons (Fsp3) is 0.320. The molecule has 4 aromatic rings. The van der Waals surface area contributed by atoms with E-state index in [-0.39, 0.29) is 40.3 Å². The predicted octanol–water partition coefficient (Wildman–Crippen LogP) is 2.46. The van der Waals surface area contributed by atoms with Gasteiger partial charge in [0.2, 0.25) is 5.91 Å². The normalized spacial score (nSPS) is 19.3. The molecule has 2 aliphatic rings. The molecule has 13 heteroatoms. The van der Waals surface area contributed by atoms with E-state index < -0.39 is 15.9 Å². The average Bonchev–Trinajstić information content (AvgIpc) is 3.48. The average molecular weight is 557 g/mol. The molecular formula is C25H24N4O7S2. The Morgan fingerprint density at radius 1 is 1.11 bits per heavy atom. The lowest BCUT2D eigenvalue weighted by Gasteiger charge is -2.12. The number of ether oxygens (including phenoxy) is 3. The van der Waals surface area contributed by atoms with Crippen LogP contribution in [-0.4, -0.2) is 66.5 Å². The molecule has 1 amide bonds. The van der Waals surface area contributed by atoms with Crippen LogP contribution in [0.3, 0.4) is 0 Å². The van der Waals surface area contributed by atoms with E-state index in [9.17, 15) is 18.0 Å². The number of anilines is 1. The van der Waals surface area contributed by atoms with E-state index in [2.05, 4.69) is 5.32 Å². The number of fused-ring (bicyclic) bond motifs is 6. The van der Waals surface area contributed by atoms with Gasteiger partial charge < -0.3 is 24.1 Å². The van der Waals surface area contributed by atoms with E-state index in [1.807, 2.05) is 0 Å². The standard InChI is InChI=1S/C25H24N4O7S2/c1-34-14-6-4-5-13(7-14)26-21(30)10-28-16-9-19(36-3)18(35-2)8-15(16)22-23(28)24(31)29-17-11-38(32,33)12-20(17)37-25(29)27-22/h4-9,17,20H,10-12H2,1-3H3,(H,26,30)/t17-,20+/m1/s1. The molecule has 2 atom stereocenters. The maximum atomic E-state index is 14.0. The molecule has 2 aromatic carbocycles. The number of carbonyl (C=O) groups excluding carboxylic acids is 1. The summed E-state index contributed by atoms with van der Waals surface area (Å²) in [6, 6.07) is 9.91. The highest BCUT2D eigenvalue weighted by atomic mass is 32.2. The van der Waals surface area contributed by atoms with E-state index >= 15 is 0 Å². The maximum absolute atomic E-state index is 14.0. The first kappa shape index (κ1) is 24.6. The molecule has 2 aromatic heterocycles. The van der Waals surface area contributed by atoms with E-state index in [1.54, 1.807) is 41.0 Å². The topological polar surface area (TPSA) is 131 Å². The number of rotatable bonds is 6. The zero-order chi connectivity index (χ0) is 26.8. The van der Waals surface area contributed by atoms with E-state index in [4.69, 9.17) is 19.2 Å². The second kappa shape index (κ2) is 8.95. The molecule has 38 heavy (non-hydrogen) atoms. The van der Waals surface area contributed by atoms with Gasteiger partial charge in [-0.15, -0.1) is 0 Å². The third-order valence-corrected chi connectivity index (χ3v) is 10.1. The molecule has 11 nitrogen and oxygen atoms in total. The van der Waals surface area contributed by atoms with Crippen LogP contribution >= 0.6 is 11.8 Å². The van der Waals surface area contributed by atoms with Crippen LogP contribution in [0.2, 0.25) is 0 Å². The zero-order valence-electron chi connectivity index (χ0n) is 20.8. The molecule has 1 fully saturated rings. The van der Waals surface area contributed by atoms with E-state index in [0.717, 1.165) is 0 Å². The number of hydrogen-bond acceptors (Lipinski definition) is 9. The quantitative estimate of drug-likeness (QED) is 0.356. The largest absolute Gasteiger partial charge is 0.497 e. The van der Waals surface area contributed by atoms with Crippen molar-refractivity contribution >= 4 is 55.1 Å². The number of hydrogen-bond donors (Lipinski definition) is 1. The Balaban J connectivity index is 1.53. The van der Waals surface area contributed by atoms with Gasteiger partial charge in [-0.25, -0.2) is 13.4 Å². The minimum absolute atomic E-state index is 0.00403. The number of sulfone groups is 1. The minimum Gasteiger partial charge on any atom is -0.497 e. The van der Waals surface area contributed by atoms with Crippen LogP contribution in [0.1, 0.15) is 6.04 Å². The fourth-order valence-electron chi connectivity index (χ4n) is 5.21. The van der Waals surface area contributed by atoms with Crippen molar-refractivity contribution in [3.63, 3.8) is 0 Å². The Bertz CT molecular complexity index is 1800. The Morgan fingerprint density at radius 2 is 1.87 bits per heavy atom. The van der Waals surface area contributed by atoms with Gasteiger partial charge in [0.15, 0.2) is 26.5 Å². The van der Waals surface area contributed by atoms with Gasteiger partial charge in [-0.1, -0.05) is 17.8 Å². The number of aromatic nitrogens is 3. The molecular weight excluding hydrogens is 532 g/mol. The molecule has 0 radical (unpaired) electrons. The number of nitrogens with zero attached hydrogens (tertiary/aromatic N) is 3. The molecule has 6 rings (SSSR count). The lowest BCUT2D eigenvalue weighted by Crippen LogP contribution is -2.29. The van der Waals surface area contributed by atoms with Gasteiger partial charge in [-0.2, -0.15) is 0 Å². The van der Waals surface area contributed by atoms with Crippen molar-refractivity contribution in [3.8, 4) is 17.2 Å². The first-order valence-corrected chi connectivity index (χ1v) is 14.4. The lowest BCUT2D eigenvalue weighted by atomic mass is 10.2. The van der Waals surface area contributed by atoms with Gasteiger partial charge >= 0.3 is 0 Å². The summed E-state index contributed by atoms with van der Waals surface area (Å²) < 4.78 is 43.9. The summed E-state index contributed by atoms with van der Waals surface area (Å²) in [4.78, 5) is 32.0. The monoisotopic (exact) mass is 556 g/mol. The van der Waals surface area contributed by atoms with Gasteiger partial charge in [0.1, 0.15) is 23.3 Å². The van der Waals surface area contributed by atoms with Gasteiger partial charge in [-0.3, -0.25) is 14.2 Å². The van der Waals surface area contributed by atoms with Crippen LogP contribution in [-0.2, 0) is 21.2 Å². The Labute approximate surface area is 221 Å². The van der Waals surface area contributed by atoms with Crippen LogP contribution < -0.4 is 25.1 Å². The van der Waals surface area contributed by atoms with Crippen LogP contribution in [0.25, 0.3) is 21.9 Å². The fourth-order valence-corrected chi connectivity index (χ4v) is 9.11. The van der Waals surface area contributed by atoms with Crippen molar-refractivity contribution in [3.05, 3.63) is 46.8 Å². The highest BCUT2D eigenvalue weighted by molar-refractivity contribution is 8.02. The van der Waals surface area contributed by atoms with Crippen molar-refractivity contribution in [2.45, 2.75) is 23.0 Å². The SMILES string of the molecule is COc1cccc(NC(=O)Cn2c3cc(OC)c(OC)cc3c3nc4n(c(=O)c32)[C@@H]2CS(=O)(=O)C[C@@H]2S4)c1. The van der Waals surface area contributed by atoms with Crippen molar-refractivity contribution in [2.75, 3.05) is 38.2 Å². The van der Waals surface area contributed by atoms with Crippen molar-refractivity contribution in [1.29, 1.82) is 0 Å². The van der Waals surface area contributed by atoms with Crippen LogP contribution in [0.15, 0.2) is 46.3 Å². The Hall–Kier alpha value is -3.71. The van der Waals surface area contributed by atoms with Crippen LogP contribution in [0, 0.1) is 0 Å². The molecule has 2 aliphatic heterocycles. The van der Waals surface area contributed by atoms with Gasteiger partial charge in [0, 0.05) is 28.5 Å². The summed E-state index contributed by atoms with van der Waals surface area (Å²) in [5, 5.41) is 3.68. The minimum atomic E-state index is -3.25. The van der Waals surface area contributed by atoms with Gasteiger partial charge in [-0.05, 0) is 18.2 Å². The van der Waals surface area contributed by atoms with Crippen molar-refractivity contribution < 1.29 is 27.4 Å². The summed E-state index contributed by atoms with van der Waals surface area (Å²) in [5.74, 6) is 1.01. The lowest BCUT2D eigenvalue weighted by molar-refractivity contribution is -0.116. The smallest absolute Gasteiger partial charge is 0.279 e. The second-order valence-corrected chi connectivity index (χ2v) is 12.5. The van der Waals surface area contributed by atoms with Crippen molar-refractivity contribution in [2.24, 2.45) is 0 Å². The number of benzene rings is 2. The zero-order valence-corrected chi connectivity index (χ0v) is 22.4. The number of amides is 1. The van der Waals surface area contributed by atoms with Gasteiger partial charge in [0.25, 0.3) is 5.56 Å². The number of nitrogens with one attached hydrogen (secondary N) is 1. The number of carbonyl (C=O) groups is 1. The summed E-state index contributed by atoms with van der Waals surface area (Å²) in [6.45, 7) is -0.192. The molecule has 198 valence electrons. The Morgan fingerprint density at radius 3 is 2.61 bits per heavy atom. The molecule has 0 spiro atoms.